The van der Waals surface area contributed by atoms with Crippen molar-refractivity contribution in [2.75, 3.05) is 6.54 Å². The van der Waals surface area contributed by atoms with Crippen molar-refractivity contribution in [3.05, 3.63) is 46.9 Å². The number of nitrogens with zero attached hydrogens (tertiary/aromatic N) is 5. The highest BCUT2D eigenvalue weighted by molar-refractivity contribution is 7.90. The summed E-state index contributed by atoms with van der Waals surface area (Å²) in [5.74, 6) is 0.705. The lowest BCUT2D eigenvalue weighted by molar-refractivity contribution is 0.298. The number of fused-ring (bicyclic) bond motifs is 1. The highest BCUT2D eigenvalue weighted by Gasteiger charge is 2.42. The lowest BCUT2D eigenvalue weighted by Crippen LogP contribution is -2.38. The average Bonchev–Trinajstić information content (AvgIpc) is 3.35. The summed E-state index contributed by atoms with van der Waals surface area (Å²) in [4.78, 5) is 16.2. The van der Waals surface area contributed by atoms with E-state index < -0.39 is 10.0 Å². The Morgan fingerprint density at radius 3 is 2.79 bits per heavy atom. The van der Waals surface area contributed by atoms with E-state index >= 15 is 0 Å². The summed E-state index contributed by atoms with van der Waals surface area (Å²) in [6.07, 6.45) is 6.58. The number of imidazole rings is 1. The Morgan fingerprint density at radius 1 is 1.21 bits per heavy atom. The Bertz CT molecular complexity index is 900. The summed E-state index contributed by atoms with van der Waals surface area (Å²) in [6.45, 7) is 1.67. The van der Waals surface area contributed by atoms with Crippen LogP contribution in [-0.2, 0) is 29.7 Å². The Kier molecular flexibility index (Phi) is 3.76. The molecule has 9 heteroatoms. The summed E-state index contributed by atoms with van der Waals surface area (Å²) < 4.78 is 30.3. The van der Waals surface area contributed by atoms with Crippen molar-refractivity contribution in [3.63, 3.8) is 0 Å². The van der Waals surface area contributed by atoms with Crippen LogP contribution in [0.25, 0.3) is 0 Å². The first-order chi connectivity index (χ1) is 11.5. The third-order valence-corrected chi connectivity index (χ3v) is 6.87. The molecule has 2 aliphatic rings. The van der Waals surface area contributed by atoms with E-state index in [0.29, 0.717) is 26.2 Å². The van der Waals surface area contributed by atoms with Gasteiger partial charge in [-0.3, -0.25) is 4.79 Å². The fourth-order valence-corrected chi connectivity index (χ4v) is 5.03. The van der Waals surface area contributed by atoms with Crippen LogP contribution in [0.3, 0.4) is 0 Å². The van der Waals surface area contributed by atoms with Crippen LogP contribution in [0.1, 0.15) is 18.7 Å². The third-order valence-electron chi connectivity index (χ3n) is 4.56. The molecule has 2 aromatic heterocycles. The predicted octanol–water partition coefficient (Wildman–Crippen LogP) is 0.0640. The van der Waals surface area contributed by atoms with Gasteiger partial charge in [0.05, 0.1) is 18.3 Å². The van der Waals surface area contributed by atoms with Crippen molar-refractivity contribution in [3.8, 4) is 0 Å². The molecule has 8 nitrogen and oxygen atoms in total. The molecule has 24 heavy (non-hydrogen) atoms. The maximum Gasteiger partial charge on any atom is 0.266 e. The molecule has 128 valence electrons. The minimum Gasteiger partial charge on any atom is -0.333 e. The maximum absolute atomic E-state index is 12.7. The summed E-state index contributed by atoms with van der Waals surface area (Å²) in [5.41, 5.74) is -0.177. The monoisotopic (exact) mass is 349 g/mol. The van der Waals surface area contributed by atoms with Crippen LogP contribution in [0, 0.1) is 5.92 Å². The van der Waals surface area contributed by atoms with Gasteiger partial charge in [0.15, 0.2) is 0 Å². The predicted molar refractivity (Wildman–Crippen MR) is 86.6 cm³/mol. The van der Waals surface area contributed by atoms with Crippen LogP contribution < -0.4 is 5.56 Å². The zero-order valence-corrected chi connectivity index (χ0v) is 14.0. The molecule has 1 aliphatic carbocycles. The van der Waals surface area contributed by atoms with Crippen molar-refractivity contribution in [2.24, 2.45) is 5.92 Å². The van der Waals surface area contributed by atoms with Crippen molar-refractivity contribution in [2.45, 2.75) is 37.7 Å². The molecule has 4 rings (SSSR count). The van der Waals surface area contributed by atoms with Crippen LogP contribution in [0.5, 0.6) is 0 Å². The minimum atomic E-state index is -3.30. The van der Waals surface area contributed by atoms with Gasteiger partial charge in [0, 0.05) is 43.7 Å². The van der Waals surface area contributed by atoms with E-state index in [1.54, 1.807) is 18.5 Å². The highest BCUT2D eigenvalue weighted by Crippen LogP contribution is 2.33. The van der Waals surface area contributed by atoms with Gasteiger partial charge >= 0.3 is 0 Å². The number of hydrogen-bond donors (Lipinski definition) is 0. The van der Waals surface area contributed by atoms with Crippen molar-refractivity contribution in [1.82, 2.24) is 23.6 Å². The normalized spacial score (nSPS) is 22.1. The Morgan fingerprint density at radius 2 is 2.04 bits per heavy atom. The van der Waals surface area contributed by atoms with Gasteiger partial charge in [0.25, 0.3) is 5.56 Å². The molecule has 0 radical (unpaired) electrons. The fraction of sp³-hybridized carbons (Fsp3) is 0.533. The SMILES string of the molecule is O=c1cccnn1CC1CN(S(=O)(=O)C2CC2)Cc2nccn2C1. The van der Waals surface area contributed by atoms with Crippen LogP contribution in [0.15, 0.2) is 35.5 Å². The molecule has 1 atom stereocenters. The van der Waals surface area contributed by atoms with E-state index in [4.69, 9.17) is 0 Å². The molecule has 2 aromatic rings. The summed E-state index contributed by atoms with van der Waals surface area (Å²) in [5, 5.41) is 3.84. The van der Waals surface area contributed by atoms with Gasteiger partial charge in [-0.2, -0.15) is 9.40 Å². The summed E-state index contributed by atoms with van der Waals surface area (Å²) in [7, 11) is -3.30. The summed E-state index contributed by atoms with van der Waals surface area (Å²) >= 11 is 0. The minimum absolute atomic E-state index is 0.0402. The third kappa shape index (κ3) is 2.89. The standard InChI is InChI=1S/C15H19N5O3S/c21-15-2-1-5-17-20(15)10-12-8-18-7-6-16-14(18)11-19(9-12)24(22,23)13-3-4-13/h1-2,5-7,12-13H,3-4,8-11H2. The molecule has 0 amide bonds. The Labute approximate surface area is 139 Å². The number of hydrogen-bond acceptors (Lipinski definition) is 5. The molecule has 0 saturated heterocycles. The van der Waals surface area contributed by atoms with E-state index in [1.807, 2.05) is 10.8 Å². The topological polar surface area (TPSA) is 90.1 Å². The highest BCUT2D eigenvalue weighted by atomic mass is 32.2. The molecule has 0 bridgehead atoms. The second-order valence-corrected chi connectivity index (χ2v) is 8.66. The molecule has 1 saturated carbocycles. The molecular formula is C15H19N5O3S. The lowest BCUT2D eigenvalue weighted by Gasteiger charge is -2.23. The molecule has 3 heterocycles. The number of rotatable bonds is 4. The maximum atomic E-state index is 12.7. The second-order valence-electron chi connectivity index (χ2n) is 6.44. The van der Waals surface area contributed by atoms with E-state index in [1.165, 1.54) is 15.1 Å². The van der Waals surface area contributed by atoms with E-state index in [0.717, 1.165) is 18.7 Å². The fourth-order valence-electron chi connectivity index (χ4n) is 3.16. The van der Waals surface area contributed by atoms with Gasteiger partial charge in [-0.25, -0.2) is 18.1 Å². The van der Waals surface area contributed by atoms with E-state index in [-0.39, 0.29) is 16.7 Å². The Balaban J connectivity index is 1.64. The van der Waals surface area contributed by atoms with Gasteiger partial charge < -0.3 is 4.57 Å². The van der Waals surface area contributed by atoms with Crippen molar-refractivity contribution >= 4 is 10.0 Å². The number of sulfonamides is 1. The van der Waals surface area contributed by atoms with Gasteiger partial charge in [0.2, 0.25) is 10.0 Å². The van der Waals surface area contributed by atoms with E-state index in [2.05, 4.69) is 10.1 Å². The first kappa shape index (κ1) is 15.5. The molecule has 1 aliphatic heterocycles. The van der Waals surface area contributed by atoms with Gasteiger partial charge in [-0.15, -0.1) is 0 Å². The van der Waals surface area contributed by atoms with Crippen molar-refractivity contribution < 1.29 is 8.42 Å². The average molecular weight is 349 g/mol. The van der Waals surface area contributed by atoms with E-state index in [9.17, 15) is 13.2 Å². The first-order valence-electron chi connectivity index (χ1n) is 8.05. The van der Waals surface area contributed by atoms with Gasteiger partial charge in [0.1, 0.15) is 5.82 Å². The molecule has 1 fully saturated rings. The summed E-state index contributed by atoms with van der Waals surface area (Å²) in [6, 6.07) is 3.06. The molecule has 0 aromatic carbocycles. The van der Waals surface area contributed by atoms with Crippen LogP contribution in [-0.4, -0.2) is 43.8 Å². The van der Waals surface area contributed by atoms with Crippen molar-refractivity contribution in [1.29, 1.82) is 0 Å². The Hall–Kier alpha value is -2.00. The first-order valence-corrected chi connectivity index (χ1v) is 9.55. The number of aromatic nitrogens is 4. The van der Waals surface area contributed by atoms with Crippen LogP contribution in [0.4, 0.5) is 0 Å². The molecule has 1 unspecified atom stereocenters. The van der Waals surface area contributed by atoms with Gasteiger partial charge in [-0.05, 0) is 18.9 Å². The smallest absolute Gasteiger partial charge is 0.266 e. The van der Waals surface area contributed by atoms with Gasteiger partial charge in [-0.1, -0.05) is 0 Å². The molecule has 0 spiro atoms. The molecule has 0 N–H and O–H groups in total. The second kappa shape index (κ2) is 5.82. The largest absolute Gasteiger partial charge is 0.333 e. The zero-order chi connectivity index (χ0) is 16.7. The van der Waals surface area contributed by atoms with Crippen LogP contribution in [0.2, 0.25) is 0 Å². The quantitative estimate of drug-likeness (QED) is 0.779. The molecular weight excluding hydrogens is 330 g/mol. The van der Waals surface area contributed by atoms with Crippen LogP contribution >= 0.6 is 0 Å². The lowest BCUT2D eigenvalue weighted by atomic mass is 10.1. The zero-order valence-electron chi connectivity index (χ0n) is 13.2.